The third kappa shape index (κ3) is 2.96. The molecule has 0 aliphatic heterocycles. The van der Waals surface area contributed by atoms with Crippen LogP contribution in [0.1, 0.15) is 19.9 Å². The predicted molar refractivity (Wildman–Crippen MR) is 93.2 cm³/mol. The third-order valence-electron chi connectivity index (χ3n) is 3.06. The van der Waals surface area contributed by atoms with Crippen molar-refractivity contribution in [3.8, 4) is 0 Å². The van der Waals surface area contributed by atoms with Gasteiger partial charge in [-0.25, -0.2) is 15.0 Å². The number of fused-ring (bicyclic) bond motifs is 1. The molecule has 0 radical (unpaired) electrons. The van der Waals surface area contributed by atoms with E-state index in [2.05, 4.69) is 56.7 Å². The van der Waals surface area contributed by atoms with Gasteiger partial charge in [-0.2, -0.15) is 0 Å². The number of hydrogen-bond donors (Lipinski definition) is 1. The lowest BCUT2D eigenvalue weighted by atomic mass is 10.3. The van der Waals surface area contributed by atoms with Crippen LogP contribution in [0.5, 0.6) is 0 Å². The zero-order valence-electron chi connectivity index (χ0n) is 11.5. The number of aromatic nitrogens is 4. The van der Waals surface area contributed by atoms with Gasteiger partial charge < -0.3 is 9.88 Å². The number of benzene rings is 1. The maximum atomic E-state index is 5.90. The number of nitrogens with zero attached hydrogens (tertiary/aromatic N) is 4. The molecular weight excluding hydrogens is 401 g/mol. The zero-order valence-corrected chi connectivity index (χ0v) is 14.4. The summed E-state index contributed by atoms with van der Waals surface area (Å²) in [5, 5.41) is 3.98. The quantitative estimate of drug-likeness (QED) is 0.510. The zero-order chi connectivity index (χ0) is 15.0. The Bertz CT molecular complexity index is 782. The van der Waals surface area contributed by atoms with E-state index >= 15 is 0 Å². The van der Waals surface area contributed by atoms with Gasteiger partial charge in [-0.3, -0.25) is 0 Å². The van der Waals surface area contributed by atoms with Crippen LogP contribution < -0.4 is 5.32 Å². The van der Waals surface area contributed by atoms with Gasteiger partial charge in [0.05, 0.1) is 6.33 Å². The van der Waals surface area contributed by atoms with Crippen LogP contribution >= 0.6 is 34.2 Å². The second-order valence-corrected chi connectivity index (χ2v) is 6.29. The molecule has 0 unspecified atom stereocenters. The summed E-state index contributed by atoms with van der Waals surface area (Å²) in [6, 6.07) is 7.77. The number of hydrogen-bond acceptors (Lipinski definition) is 4. The van der Waals surface area contributed by atoms with E-state index in [0.717, 1.165) is 16.9 Å². The summed E-state index contributed by atoms with van der Waals surface area (Å²) in [7, 11) is 0. The minimum Gasteiger partial charge on any atom is -0.338 e. The van der Waals surface area contributed by atoms with Crippen molar-refractivity contribution in [2.24, 2.45) is 0 Å². The van der Waals surface area contributed by atoms with Crippen LogP contribution in [0.15, 0.2) is 30.6 Å². The molecule has 21 heavy (non-hydrogen) atoms. The Morgan fingerprint density at radius 1 is 1.19 bits per heavy atom. The van der Waals surface area contributed by atoms with E-state index in [1.54, 1.807) is 6.33 Å². The fourth-order valence-corrected chi connectivity index (χ4v) is 2.62. The van der Waals surface area contributed by atoms with Gasteiger partial charge in [0.2, 0.25) is 0 Å². The van der Waals surface area contributed by atoms with Crippen LogP contribution in [-0.2, 0) is 0 Å². The molecular formula is C14H13ClIN5. The average Bonchev–Trinajstić information content (AvgIpc) is 2.85. The van der Waals surface area contributed by atoms with E-state index in [-0.39, 0.29) is 0 Å². The molecule has 0 spiro atoms. The second-order valence-electron chi connectivity index (χ2n) is 4.89. The van der Waals surface area contributed by atoms with Crippen LogP contribution in [0.4, 0.5) is 11.5 Å². The molecule has 0 aliphatic carbocycles. The van der Waals surface area contributed by atoms with Crippen molar-refractivity contribution in [1.29, 1.82) is 0 Å². The molecule has 0 aliphatic rings. The summed E-state index contributed by atoms with van der Waals surface area (Å²) < 4.78 is 2.71. The van der Waals surface area contributed by atoms with Crippen molar-refractivity contribution in [3.63, 3.8) is 0 Å². The summed E-state index contributed by atoms with van der Waals surface area (Å²) in [6.45, 7) is 4.20. The number of halogens is 2. The molecule has 1 N–H and O–H groups in total. The predicted octanol–water partition coefficient (Wildman–Crippen LogP) is 4.41. The van der Waals surface area contributed by atoms with E-state index in [1.807, 2.05) is 28.8 Å². The Labute approximate surface area is 140 Å². The van der Waals surface area contributed by atoms with E-state index in [9.17, 15) is 0 Å². The first kappa shape index (κ1) is 14.5. The standard InChI is InChI=1S/C14H13ClIN5/c1-8(2)21-7-17-11-12(19-14(16)20-13(11)21)18-10-5-3-9(15)4-6-10/h3-8H,1-2H3,(H,18,19,20). The van der Waals surface area contributed by atoms with Crippen molar-refractivity contribution in [1.82, 2.24) is 19.5 Å². The molecule has 0 saturated heterocycles. The van der Waals surface area contributed by atoms with Crippen LogP contribution in [0, 0.1) is 3.83 Å². The summed E-state index contributed by atoms with van der Waals surface area (Å²) >= 11 is 8.02. The first-order valence-corrected chi connectivity index (χ1v) is 7.93. The van der Waals surface area contributed by atoms with Gasteiger partial charge in [0.15, 0.2) is 20.8 Å². The van der Waals surface area contributed by atoms with E-state index in [0.29, 0.717) is 20.7 Å². The van der Waals surface area contributed by atoms with Gasteiger partial charge >= 0.3 is 0 Å². The third-order valence-corrected chi connectivity index (χ3v) is 3.79. The van der Waals surface area contributed by atoms with Crippen molar-refractivity contribution in [3.05, 3.63) is 39.4 Å². The molecule has 3 rings (SSSR count). The molecule has 2 aromatic heterocycles. The van der Waals surface area contributed by atoms with Gasteiger partial charge in [-0.1, -0.05) is 11.6 Å². The second kappa shape index (κ2) is 5.76. The van der Waals surface area contributed by atoms with Crippen molar-refractivity contribution >= 4 is 56.9 Å². The monoisotopic (exact) mass is 413 g/mol. The smallest absolute Gasteiger partial charge is 0.194 e. The normalized spacial score (nSPS) is 11.3. The summed E-state index contributed by atoms with van der Waals surface area (Å²) in [5.74, 6) is 0.700. The Morgan fingerprint density at radius 2 is 1.90 bits per heavy atom. The molecule has 0 saturated carbocycles. The van der Waals surface area contributed by atoms with E-state index in [4.69, 9.17) is 11.6 Å². The first-order chi connectivity index (χ1) is 10.0. The van der Waals surface area contributed by atoms with E-state index < -0.39 is 0 Å². The van der Waals surface area contributed by atoms with Crippen molar-refractivity contribution in [2.75, 3.05) is 5.32 Å². The minimum absolute atomic E-state index is 0.295. The minimum atomic E-state index is 0.295. The topological polar surface area (TPSA) is 55.6 Å². The molecule has 1 aromatic carbocycles. The van der Waals surface area contributed by atoms with Crippen LogP contribution in [0.3, 0.4) is 0 Å². The van der Waals surface area contributed by atoms with Crippen molar-refractivity contribution < 1.29 is 0 Å². The van der Waals surface area contributed by atoms with Crippen molar-refractivity contribution in [2.45, 2.75) is 19.9 Å². The highest BCUT2D eigenvalue weighted by molar-refractivity contribution is 14.1. The summed E-state index contributed by atoms with van der Waals surface area (Å²) in [5.41, 5.74) is 2.51. The Morgan fingerprint density at radius 3 is 2.57 bits per heavy atom. The maximum absolute atomic E-state index is 5.90. The number of anilines is 2. The lowest BCUT2D eigenvalue weighted by molar-refractivity contribution is 0.612. The molecule has 0 atom stereocenters. The Hall–Kier alpha value is -1.41. The van der Waals surface area contributed by atoms with Crippen LogP contribution in [-0.4, -0.2) is 19.5 Å². The summed E-state index contributed by atoms with van der Waals surface area (Å²) in [4.78, 5) is 13.4. The summed E-state index contributed by atoms with van der Waals surface area (Å²) in [6.07, 6.45) is 1.80. The molecule has 3 aromatic rings. The number of rotatable bonds is 3. The molecule has 2 heterocycles. The van der Waals surface area contributed by atoms with Gasteiger partial charge in [0.1, 0.15) is 0 Å². The SMILES string of the molecule is CC(C)n1cnc2c(Nc3ccc(Cl)cc3)nc(I)nc21. The highest BCUT2D eigenvalue weighted by Crippen LogP contribution is 2.25. The molecule has 108 valence electrons. The number of nitrogens with one attached hydrogen (secondary N) is 1. The first-order valence-electron chi connectivity index (χ1n) is 6.47. The lowest BCUT2D eigenvalue weighted by Crippen LogP contribution is -2.03. The molecule has 0 bridgehead atoms. The van der Waals surface area contributed by atoms with Gasteiger partial charge in [0, 0.05) is 39.3 Å². The highest BCUT2D eigenvalue weighted by atomic mass is 127. The lowest BCUT2D eigenvalue weighted by Gasteiger charge is -2.09. The van der Waals surface area contributed by atoms with E-state index in [1.165, 1.54) is 0 Å². The Balaban J connectivity index is 2.07. The van der Waals surface area contributed by atoms with Gasteiger partial charge in [-0.05, 0) is 38.1 Å². The maximum Gasteiger partial charge on any atom is 0.194 e. The Kier molecular flexibility index (Phi) is 3.99. The average molecular weight is 414 g/mol. The highest BCUT2D eigenvalue weighted by Gasteiger charge is 2.14. The fraction of sp³-hybridized carbons (Fsp3) is 0.214. The van der Waals surface area contributed by atoms with Gasteiger partial charge in [-0.15, -0.1) is 0 Å². The van der Waals surface area contributed by atoms with Crippen LogP contribution in [0.2, 0.25) is 5.02 Å². The molecule has 0 fully saturated rings. The largest absolute Gasteiger partial charge is 0.338 e. The van der Waals surface area contributed by atoms with Gasteiger partial charge in [0.25, 0.3) is 0 Å². The fourth-order valence-electron chi connectivity index (χ4n) is 2.02. The molecule has 7 heteroatoms. The molecule has 0 amide bonds. The number of imidazole rings is 1. The van der Waals surface area contributed by atoms with Crippen LogP contribution in [0.25, 0.3) is 11.2 Å². The molecule has 5 nitrogen and oxygen atoms in total.